The summed E-state index contributed by atoms with van der Waals surface area (Å²) in [5.41, 5.74) is -1.59. The number of alkyl halides is 1. The number of hydrogen-bond acceptors (Lipinski definition) is 5. The second-order valence-electron chi connectivity index (χ2n) is 5.20. The minimum Gasteiger partial charge on any atom is -0.491 e. The lowest BCUT2D eigenvalue weighted by molar-refractivity contribution is -0.138. The highest BCUT2D eigenvalue weighted by Crippen LogP contribution is 2.29. The molecule has 0 aromatic heterocycles. The van der Waals surface area contributed by atoms with Crippen molar-refractivity contribution in [1.82, 2.24) is 5.32 Å². The Bertz CT molecular complexity index is 735. The van der Waals surface area contributed by atoms with Crippen LogP contribution in [-0.4, -0.2) is 37.7 Å². The van der Waals surface area contributed by atoms with Crippen LogP contribution in [0.5, 0.6) is 5.75 Å². The molecule has 0 saturated heterocycles. The van der Waals surface area contributed by atoms with Gasteiger partial charge in [-0.25, -0.2) is 18.0 Å². The molecule has 2 rings (SSSR count). The van der Waals surface area contributed by atoms with E-state index in [0.717, 1.165) is 13.3 Å². The van der Waals surface area contributed by atoms with Crippen molar-refractivity contribution in [2.45, 2.75) is 25.6 Å². The van der Waals surface area contributed by atoms with Gasteiger partial charge in [0.15, 0.2) is 17.4 Å². The van der Waals surface area contributed by atoms with Crippen LogP contribution in [0.3, 0.4) is 0 Å². The summed E-state index contributed by atoms with van der Waals surface area (Å²) in [4.78, 5) is 24.4. The van der Waals surface area contributed by atoms with Gasteiger partial charge >= 0.3 is 5.97 Å². The van der Waals surface area contributed by atoms with Gasteiger partial charge in [0, 0.05) is 12.6 Å². The molecule has 2 unspecified atom stereocenters. The summed E-state index contributed by atoms with van der Waals surface area (Å²) >= 11 is 0. The number of methoxy groups -OCH3 is 1. The molecule has 1 aliphatic carbocycles. The van der Waals surface area contributed by atoms with E-state index < -0.39 is 58.3 Å². The van der Waals surface area contributed by atoms with E-state index in [1.165, 1.54) is 6.92 Å². The third-order valence-electron chi connectivity index (χ3n) is 3.46. The molecular weight excluding hydrogens is 346 g/mol. The van der Waals surface area contributed by atoms with E-state index in [4.69, 9.17) is 4.74 Å². The number of carbonyl (C=O) groups is 2. The standard InChI is InChI=1S/C16H15F4NO4/c1-3-25-16(23)8(6-21-11-5-9(11)17)14(22)7-4-10(18)13(20)15(24-2)12(7)19/h4,6,9,11,21H,3,5H2,1-2H3. The average Bonchev–Trinajstić information content (AvgIpc) is 3.27. The number of esters is 1. The minimum absolute atomic E-state index is 0.0812. The number of Topliss-reactive ketones (excluding diaryl/α,β-unsaturated/α-hetero) is 1. The van der Waals surface area contributed by atoms with Crippen molar-refractivity contribution in [1.29, 1.82) is 0 Å². The van der Waals surface area contributed by atoms with Crippen LogP contribution in [0.25, 0.3) is 0 Å². The fraction of sp³-hybridized carbons (Fsp3) is 0.375. The van der Waals surface area contributed by atoms with Crippen molar-refractivity contribution in [3.8, 4) is 5.75 Å². The van der Waals surface area contributed by atoms with Crippen LogP contribution < -0.4 is 10.1 Å². The second kappa shape index (κ2) is 7.54. The molecule has 0 aliphatic heterocycles. The zero-order valence-corrected chi connectivity index (χ0v) is 13.4. The first-order valence-electron chi connectivity index (χ1n) is 7.35. The number of hydrogen-bond donors (Lipinski definition) is 1. The average molecular weight is 361 g/mol. The van der Waals surface area contributed by atoms with Gasteiger partial charge in [-0.1, -0.05) is 0 Å². The molecule has 1 aromatic carbocycles. The van der Waals surface area contributed by atoms with Gasteiger partial charge in [0.1, 0.15) is 11.7 Å². The Morgan fingerprint density at radius 3 is 2.48 bits per heavy atom. The fourth-order valence-electron chi connectivity index (χ4n) is 2.02. The molecule has 1 fully saturated rings. The monoisotopic (exact) mass is 361 g/mol. The van der Waals surface area contributed by atoms with E-state index in [2.05, 4.69) is 10.1 Å². The molecule has 25 heavy (non-hydrogen) atoms. The largest absolute Gasteiger partial charge is 0.491 e. The number of ketones is 1. The molecule has 0 heterocycles. The summed E-state index contributed by atoms with van der Waals surface area (Å²) in [6, 6.07) is -0.265. The molecule has 1 N–H and O–H groups in total. The van der Waals surface area contributed by atoms with Gasteiger partial charge < -0.3 is 14.8 Å². The molecule has 5 nitrogen and oxygen atoms in total. The summed E-state index contributed by atoms with van der Waals surface area (Å²) in [5.74, 6) is -8.05. The molecule has 2 atom stereocenters. The molecule has 0 bridgehead atoms. The Morgan fingerprint density at radius 1 is 1.32 bits per heavy atom. The summed E-state index contributed by atoms with van der Waals surface area (Å²) in [6.07, 6.45) is -0.0544. The summed E-state index contributed by atoms with van der Waals surface area (Å²) < 4.78 is 63.3. The van der Waals surface area contributed by atoms with Crippen molar-refractivity contribution in [3.63, 3.8) is 0 Å². The number of benzene rings is 1. The Morgan fingerprint density at radius 2 is 1.96 bits per heavy atom. The zero-order chi connectivity index (χ0) is 18.7. The van der Waals surface area contributed by atoms with Crippen LogP contribution in [0, 0.1) is 17.5 Å². The highest BCUT2D eigenvalue weighted by molar-refractivity contribution is 6.24. The Balaban J connectivity index is 2.42. The molecule has 1 saturated carbocycles. The summed E-state index contributed by atoms with van der Waals surface area (Å²) in [6.45, 7) is 1.40. The van der Waals surface area contributed by atoms with Crippen LogP contribution in [0.15, 0.2) is 17.8 Å². The highest BCUT2D eigenvalue weighted by Gasteiger charge is 2.37. The second-order valence-corrected chi connectivity index (χ2v) is 5.20. The lowest BCUT2D eigenvalue weighted by atomic mass is 10.0. The normalized spacial score (nSPS) is 19.4. The Hall–Kier alpha value is -2.58. The van der Waals surface area contributed by atoms with E-state index in [1.807, 2.05) is 0 Å². The van der Waals surface area contributed by atoms with Gasteiger partial charge in [-0.15, -0.1) is 0 Å². The van der Waals surface area contributed by atoms with Gasteiger partial charge in [-0.05, 0) is 13.0 Å². The molecule has 0 spiro atoms. The Kier molecular flexibility index (Phi) is 5.66. The number of rotatable bonds is 7. The fourth-order valence-corrected chi connectivity index (χ4v) is 2.02. The number of carbonyl (C=O) groups excluding carboxylic acids is 2. The molecule has 136 valence electrons. The molecule has 1 aromatic rings. The number of nitrogens with one attached hydrogen (secondary N) is 1. The van der Waals surface area contributed by atoms with Gasteiger partial charge in [-0.3, -0.25) is 4.79 Å². The predicted octanol–water partition coefficient (Wildman–Crippen LogP) is 2.44. The lowest BCUT2D eigenvalue weighted by Gasteiger charge is -2.11. The maximum atomic E-state index is 14.2. The van der Waals surface area contributed by atoms with Gasteiger partial charge in [0.25, 0.3) is 0 Å². The van der Waals surface area contributed by atoms with Crippen molar-refractivity contribution in [3.05, 3.63) is 40.9 Å². The van der Waals surface area contributed by atoms with Crippen LogP contribution in [-0.2, 0) is 9.53 Å². The maximum Gasteiger partial charge on any atom is 0.343 e. The topological polar surface area (TPSA) is 64.6 Å². The van der Waals surface area contributed by atoms with Crippen LogP contribution in [0.2, 0.25) is 0 Å². The van der Waals surface area contributed by atoms with E-state index >= 15 is 0 Å². The first-order chi connectivity index (χ1) is 11.8. The first-order valence-corrected chi connectivity index (χ1v) is 7.35. The minimum atomic E-state index is -1.60. The predicted molar refractivity (Wildman–Crippen MR) is 78.4 cm³/mol. The van der Waals surface area contributed by atoms with Crippen molar-refractivity contribution >= 4 is 11.8 Å². The van der Waals surface area contributed by atoms with E-state index in [1.54, 1.807) is 0 Å². The third kappa shape index (κ3) is 3.92. The molecule has 1 aliphatic rings. The number of ether oxygens (including phenoxy) is 2. The summed E-state index contributed by atoms with van der Waals surface area (Å²) in [7, 11) is 0.896. The van der Waals surface area contributed by atoms with Crippen LogP contribution in [0.4, 0.5) is 17.6 Å². The summed E-state index contributed by atoms with van der Waals surface area (Å²) in [5, 5.41) is 2.49. The molecule has 9 heteroatoms. The van der Waals surface area contributed by atoms with Crippen LogP contribution in [0.1, 0.15) is 23.7 Å². The van der Waals surface area contributed by atoms with Crippen molar-refractivity contribution in [2.75, 3.05) is 13.7 Å². The Labute approximate surface area is 140 Å². The van der Waals surface area contributed by atoms with Gasteiger partial charge in [-0.2, -0.15) is 4.39 Å². The lowest BCUT2D eigenvalue weighted by Crippen LogP contribution is -2.22. The van der Waals surface area contributed by atoms with Gasteiger partial charge in [0.05, 0.1) is 25.3 Å². The quantitative estimate of drug-likeness (QED) is 0.154. The van der Waals surface area contributed by atoms with Crippen molar-refractivity contribution < 1.29 is 36.6 Å². The van der Waals surface area contributed by atoms with E-state index in [-0.39, 0.29) is 13.0 Å². The van der Waals surface area contributed by atoms with Crippen molar-refractivity contribution in [2.24, 2.45) is 0 Å². The third-order valence-corrected chi connectivity index (χ3v) is 3.46. The SMILES string of the molecule is CCOC(=O)C(=CNC1CC1F)C(=O)c1cc(F)c(F)c(OC)c1F. The van der Waals surface area contributed by atoms with Gasteiger partial charge in [0.2, 0.25) is 11.6 Å². The maximum absolute atomic E-state index is 14.2. The smallest absolute Gasteiger partial charge is 0.343 e. The van der Waals surface area contributed by atoms with E-state index in [0.29, 0.717) is 6.07 Å². The first kappa shape index (κ1) is 18.8. The zero-order valence-electron chi connectivity index (χ0n) is 13.4. The van der Waals surface area contributed by atoms with Crippen LogP contribution >= 0.6 is 0 Å². The number of halogens is 4. The molecular formula is C16H15F4NO4. The highest BCUT2D eigenvalue weighted by atomic mass is 19.2. The molecule has 0 amide bonds. The molecule has 0 radical (unpaired) electrons. The van der Waals surface area contributed by atoms with E-state index in [9.17, 15) is 27.2 Å².